The summed E-state index contributed by atoms with van der Waals surface area (Å²) in [6.45, 7) is -1.23. The summed E-state index contributed by atoms with van der Waals surface area (Å²) in [5.74, 6) is -3.14. The Morgan fingerprint density at radius 2 is 2.07 bits per heavy atom. The number of anilines is 1. The van der Waals surface area contributed by atoms with E-state index in [2.05, 4.69) is 10.1 Å². The fourth-order valence-corrected chi connectivity index (χ4v) is 3.25. The molecular weight excluding hydrogens is 422 g/mol. The minimum atomic E-state index is -0.910. The molecule has 3 aromatic rings. The zero-order valence-electron chi connectivity index (χ0n) is 15.3. The first kappa shape index (κ1) is 20.7. The molecule has 2 aromatic heterocycles. The highest BCUT2D eigenvalue weighted by Crippen LogP contribution is 2.23. The van der Waals surface area contributed by atoms with Crippen molar-refractivity contribution in [2.45, 2.75) is 6.54 Å². The number of nitrogens with one attached hydrogen (secondary N) is 1. The largest absolute Gasteiger partial charge is 0.465 e. The van der Waals surface area contributed by atoms with Gasteiger partial charge in [-0.2, -0.15) is 0 Å². The van der Waals surface area contributed by atoms with Gasteiger partial charge in [0.05, 0.1) is 29.3 Å². The van der Waals surface area contributed by atoms with Crippen molar-refractivity contribution in [3.8, 4) is 0 Å². The van der Waals surface area contributed by atoms with Gasteiger partial charge < -0.3 is 19.2 Å². The number of ether oxygens (including phenoxy) is 2. The van der Waals surface area contributed by atoms with Gasteiger partial charge in [0.15, 0.2) is 12.2 Å². The first-order valence-electron chi connectivity index (χ1n) is 8.19. The number of nitro benzene ring substituents is 1. The van der Waals surface area contributed by atoms with E-state index in [1.165, 1.54) is 19.2 Å². The standard InChI is InChI=1S/C17H13N3O9S/c1-27-16(23)15-10(4-5-30-15)18-13(21)8-28-14(22)7-19-11-3-2-9(20(25)26)6-12(11)29-17(19)24/h2-6H,7-8H2,1H3,(H,18,21). The summed E-state index contributed by atoms with van der Waals surface area (Å²) in [5, 5.41) is 14.8. The van der Waals surface area contributed by atoms with Crippen LogP contribution in [0.25, 0.3) is 11.1 Å². The molecule has 0 aliphatic rings. The zero-order chi connectivity index (χ0) is 21.8. The Morgan fingerprint density at radius 1 is 1.30 bits per heavy atom. The van der Waals surface area contributed by atoms with Crippen LogP contribution in [0.5, 0.6) is 0 Å². The highest BCUT2D eigenvalue weighted by Gasteiger charge is 2.19. The number of hydrogen-bond donors (Lipinski definition) is 1. The minimum Gasteiger partial charge on any atom is -0.465 e. The van der Waals surface area contributed by atoms with Gasteiger partial charge in [0, 0.05) is 6.07 Å². The fraction of sp³-hybridized carbons (Fsp3) is 0.176. The van der Waals surface area contributed by atoms with Crippen LogP contribution in [0, 0.1) is 10.1 Å². The Morgan fingerprint density at radius 3 is 2.77 bits per heavy atom. The number of fused-ring (bicyclic) bond motifs is 1. The van der Waals surface area contributed by atoms with Crippen molar-refractivity contribution in [1.82, 2.24) is 4.57 Å². The number of rotatable bonds is 7. The van der Waals surface area contributed by atoms with Gasteiger partial charge in [-0.15, -0.1) is 11.3 Å². The number of hydrogen-bond acceptors (Lipinski definition) is 10. The fourth-order valence-electron chi connectivity index (χ4n) is 2.48. The molecule has 0 spiro atoms. The second-order valence-electron chi connectivity index (χ2n) is 5.73. The number of benzene rings is 1. The molecule has 12 nitrogen and oxygen atoms in total. The molecule has 3 rings (SSSR count). The molecule has 1 aromatic carbocycles. The number of nitro groups is 1. The van der Waals surface area contributed by atoms with Crippen LogP contribution in [0.15, 0.2) is 38.9 Å². The highest BCUT2D eigenvalue weighted by molar-refractivity contribution is 7.12. The Kier molecular flexibility index (Phi) is 5.92. The van der Waals surface area contributed by atoms with E-state index in [4.69, 9.17) is 9.15 Å². The van der Waals surface area contributed by atoms with Gasteiger partial charge in [-0.3, -0.25) is 24.3 Å². The van der Waals surface area contributed by atoms with Crippen molar-refractivity contribution < 1.29 is 33.2 Å². The van der Waals surface area contributed by atoms with E-state index >= 15 is 0 Å². The number of non-ortho nitro benzene ring substituents is 1. The van der Waals surface area contributed by atoms with Gasteiger partial charge in [-0.25, -0.2) is 9.59 Å². The third kappa shape index (κ3) is 4.35. The average Bonchev–Trinajstić information content (AvgIpc) is 3.29. The number of carbonyl (C=O) groups is 3. The molecule has 13 heteroatoms. The van der Waals surface area contributed by atoms with E-state index in [0.29, 0.717) is 0 Å². The minimum absolute atomic E-state index is 0.0625. The Bertz CT molecular complexity index is 1210. The highest BCUT2D eigenvalue weighted by atomic mass is 32.1. The van der Waals surface area contributed by atoms with Gasteiger partial charge in [-0.05, 0) is 17.5 Å². The molecule has 0 bridgehead atoms. The first-order chi connectivity index (χ1) is 14.3. The summed E-state index contributed by atoms with van der Waals surface area (Å²) >= 11 is 1.07. The van der Waals surface area contributed by atoms with E-state index in [9.17, 15) is 29.3 Å². The van der Waals surface area contributed by atoms with Crippen molar-refractivity contribution in [3.63, 3.8) is 0 Å². The van der Waals surface area contributed by atoms with E-state index in [1.807, 2.05) is 0 Å². The number of amides is 1. The smallest absolute Gasteiger partial charge is 0.420 e. The first-order valence-corrected chi connectivity index (χ1v) is 9.07. The molecule has 0 saturated heterocycles. The van der Waals surface area contributed by atoms with Crippen LogP contribution in [0.1, 0.15) is 9.67 Å². The van der Waals surface area contributed by atoms with Crippen LogP contribution in [0.4, 0.5) is 11.4 Å². The van der Waals surface area contributed by atoms with Crippen molar-refractivity contribution >= 4 is 51.7 Å². The van der Waals surface area contributed by atoms with Gasteiger partial charge >= 0.3 is 17.7 Å². The van der Waals surface area contributed by atoms with Crippen molar-refractivity contribution in [1.29, 1.82) is 0 Å². The molecule has 30 heavy (non-hydrogen) atoms. The van der Waals surface area contributed by atoms with Crippen molar-refractivity contribution in [2.24, 2.45) is 0 Å². The Hall–Kier alpha value is -4.00. The molecule has 0 radical (unpaired) electrons. The Labute approximate surface area is 170 Å². The normalized spacial score (nSPS) is 10.6. The van der Waals surface area contributed by atoms with Gasteiger partial charge in [0.25, 0.3) is 11.6 Å². The summed E-state index contributed by atoms with van der Waals surface area (Å²) in [6, 6.07) is 4.98. The molecule has 2 heterocycles. The monoisotopic (exact) mass is 435 g/mol. The molecule has 0 fully saturated rings. The predicted molar refractivity (Wildman–Crippen MR) is 102 cm³/mol. The summed E-state index contributed by atoms with van der Waals surface area (Å²) in [7, 11) is 1.20. The van der Waals surface area contributed by atoms with E-state index in [-0.39, 0.29) is 27.4 Å². The maximum absolute atomic E-state index is 12.0. The lowest BCUT2D eigenvalue weighted by atomic mass is 10.3. The lowest BCUT2D eigenvalue weighted by molar-refractivity contribution is -0.384. The quantitative estimate of drug-likeness (QED) is 0.330. The summed E-state index contributed by atoms with van der Waals surface area (Å²) in [6.07, 6.45) is 0. The van der Waals surface area contributed by atoms with Gasteiger partial charge in [-0.1, -0.05) is 0 Å². The molecule has 0 aliphatic carbocycles. The lowest BCUT2D eigenvalue weighted by Crippen LogP contribution is -2.26. The maximum atomic E-state index is 12.0. The third-order valence-corrected chi connectivity index (χ3v) is 4.72. The van der Waals surface area contributed by atoms with E-state index < -0.39 is 41.7 Å². The maximum Gasteiger partial charge on any atom is 0.420 e. The van der Waals surface area contributed by atoms with Crippen LogP contribution in [-0.4, -0.2) is 41.1 Å². The van der Waals surface area contributed by atoms with Crippen molar-refractivity contribution in [3.05, 3.63) is 55.2 Å². The average molecular weight is 435 g/mol. The molecule has 1 amide bonds. The summed E-state index contributed by atoms with van der Waals surface area (Å²) in [4.78, 5) is 57.9. The molecule has 156 valence electrons. The number of thiophene rings is 1. The van der Waals surface area contributed by atoms with Crippen LogP contribution in [0.3, 0.4) is 0 Å². The number of aromatic nitrogens is 1. The number of methoxy groups -OCH3 is 1. The zero-order valence-corrected chi connectivity index (χ0v) is 16.1. The summed E-state index contributed by atoms with van der Waals surface area (Å²) < 4.78 is 15.3. The number of esters is 2. The van der Waals surface area contributed by atoms with Gasteiger partial charge in [0.1, 0.15) is 11.4 Å². The molecule has 0 atom stereocenters. The lowest BCUT2D eigenvalue weighted by Gasteiger charge is -2.07. The predicted octanol–water partition coefficient (Wildman–Crippen LogP) is 1.53. The third-order valence-electron chi connectivity index (χ3n) is 3.82. The molecule has 0 aliphatic heterocycles. The van der Waals surface area contributed by atoms with Gasteiger partial charge in [0.2, 0.25) is 0 Å². The second kappa shape index (κ2) is 8.57. The van der Waals surface area contributed by atoms with E-state index in [1.54, 1.807) is 5.38 Å². The molecule has 0 unspecified atom stereocenters. The van der Waals surface area contributed by atoms with Crippen molar-refractivity contribution in [2.75, 3.05) is 19.0 Å². The SMILES string of the molecule is COC(=O)c1sccc1NC(=O)COC(=O)Cn1c(=O)oc2cc([N+](=O)[O-])ccc21. The molecule has 1 N–H and O–H groups in total. The molecular formula is C17H13N3O9S. The number of nitrogens with zero attached hydrogens (tertiary/aromatic N) is 2. The van der Waals surface area contributed by atoms with Crippen LogP contribution >= 0.6 is 11.3 Å². The molecule has 0 saturated carbocycles. The Balaban J connectivity index is 1.62. The summed E-state index contributed by atoms with van der Waals surface area (Å²) in [5.41, 5.74) is 0.0366. The number of oxazole rings is 1. The van der Waals surface area contributed by atoms with Crippen LogP contribution < -0.4 is 11.1 Å². The second-order valence-corrected chi connectivity index (χ2v) is 6.64. The van der Waals surface area contributed by atoms with E-state index in [0.717, 1.165) is 28.0 Å². The number of carbonyl (C=O) groups excluding carboxylic acids is 3. The van der Waals surface area contributed by atoms with Crippen LogP contribution in [-0.2, 0) is 25.6 Å². The topological polar surface area (TPSA) is 160 Å². The van der Waals surface area contributed by atoms with Crippen LogP contribution in [0.2, 0.25) is 0 Å².